The van der Waals surface area contributed by atoms with Crippen molar-refractivity contribution >= 4 is 29.5 Å². The van der Waals surface area contributed by atoms with Crippen molar-refractivity contribution in [3.05, 3.63) is 35.9 Å². The molecular formula is C26H38ClO7-. The molecule has 0 saturated heterocycles. The first kappa shape index (κ1) is 29.9. The van der Waals surface area contributed by atoms with Gasteiger partial charge in [0.15, 0.2) is 0 Å². The fourth-order valence-electron chi connectivity index (χ4n) is 4.72. The number of halogens is 1. The molecule has 0 aliphatic heterocycles. The van der Waals surface area contributed by atoms with Crippen molar-refractivity contribution < 1.29 is 33.7 Å². The van der Waals surface area contributed by atoms with Crippen LogP contribution in [0, 0.1) is 10.8 Å². The molecule has 34 heavy (non-hydrogen) atoms. The van der Waals surface area contributed by atoms with Crippen LogP contribution < -0.4 is 5.11 Å². The second-order valence-corrected chi connectivity index (χ2v) is 11.1. The van der Waals surface area contributed by atoms with Gasteiger partial charge in [-0.1, -0.05) is 44.2 Å². The van der Waals surface area contributed by atoms with Gasteiger partial charge >= 0.3 is 11.9 Å². The highest BCUT2D eigenvalue weighted by Crippen LogP contribution is 2.48. The van der Waals surface area contributed by atoms with E-state index in [2.05, 4.69) is 0 Å². The highest BCUT2D eigenvalue weighted by Gasteiger charge is 2.47. The molecule has 0 spiro atoms. The predicted octanol–water partition coefficient (Wildman–Crippen LogP) is 3.65. The van der Waals surface area contributed by atoms with Gasteiger partial charge in [0.05, 0.1) is 18.6 Å². The van der Waals surface area contributed by atoms with E-state index in [9.17, 15) is 19.5 Å². The number of methoxy groups -OCH3 is 1. The highest BCUT2D eigenvalue weighted by atomic mass is 35.5. The van der Waals surface area contributed by atoms with Crippen molar-refractivity contribution in [2.24, 2.45) is 10.8 Å². The standard InChI is InChI=1S/C26H39ClO7/c1-8-33-21(30)23(2,3)16-24(4,19-12-10-9-11-13-19)17-25(5,20(28)29)18-26(6,27)22(31)34-15-14-32-7/h9-13H,8,14-18H2,1-7H3,(H,28,29)/p-1. The zero-order chi connectivity index (χ0) is 26.2. The van der Waals surface area contributed by atoms with Gasteiger partial charge in [-0.05, 0) is 57.9 Å². The molecule has 0 aliphatic carbocycles. The second-order valence-electron chi connectivity index (χ2n) is 10.2. The smallest absolute Gasteiger partial charge is 0.327 e. The molecule has 0 aromatic heterocycles. The number of hydrogen-bond donors (Lipinski definition) is 0. The number of benzene rings is 1. The summed E-state index contributed by atoms with van der Waals surface area (Å²) in [4.78, 5) is 36.1. The number of hydrogen-bond acceptors (Lipinski definition) is 7. The number of carboxylic acids is 1. The molecule has 0 saturated carbocycles. The largest absolute Gasteiger partial charge is 0.550 e. The van der Waals surface area contributed by atoms with E-state index in [1.54, 1.807) is 20.8 Å². The predicted molar refractivity (Wildman–Crippen MR) is 128 cm³/mol. The van der Waals surface area contributed by atoms with Gasteiger partial charge < -0.3 is 24.1 Å². The van der Waals surface area contributed by atoms with Gasteiger partial charge in [-0.3, -0.25) is 9.59 Å². The van der Waals surface area contributed by atoms with Crippen LogP contribution in [0.2, 0.25) is 0 Å². The third-order valence-electron chi connectivity index (χ3n) is 6.07. The number of carbonyl (C=O) groups is 3. The number of aliphatic carboxylic acids is 1. The summed E-state index contributed by atoms with van der Waals surface area (Å²) in [5, 5.41) is 12.5. The molecule has 0 heterocycles. The van der Waals surface area contributed by atoms with E-state index < -0.39 is 33.1 Å². The van der Waals surface area contributed by atoms with Crippen LogP contribution in [0.25, 0.3) is 0 Å². The summed E-state index contributed by atoms with van der Waals surface area (Å²) >= 11 is 6.51. The van der Waals surface area contributed by atoms with Crippen LogP contribution in [0.1, 0.15) is 66.4 Å². The van der Waals surface area contributed by atoms with Crippen molar-refractivity contribution in [2.45, 2.75) is 71.1 Å². The van der Waals surface area contributed by atoms with Gasteiger partial charge in [-0.15, -0.1) is 11.6 Å². The molecule has 0 N–H and O–H groups in total. The van der Waals surface area contributed by atoms with E-state index in [-0.39, 0.29) is 38.6 Å². The molecule has 0 fully saturated rings. The molecule has 0 radical (unpaired) electrons. The number of ether oxygens (including phenoxy) is 3. The average molecular weight is 498 g/mol. The summed E-state index contributed by atoms with van der Waals surface area (Å²) in [5.74, 6) is -2.43. The van der Waals surface area contributed by atoms with Crippen LogP contribution in [-0.2, 0) is 34.0 Å². The molecule has 3 atom stereocenters. The Hall–Kier alpha value is -2.12. The zero-order valence-electron chi connectivity index (χ0n) is 21.4. The van der Waals surface area contributed by atoms with E-state index >= 15 is 0 Å². The summed E-state index contributed by atoms with van der Waals surface area (Å²) in [6.45, 7) is 10.6. The molecule has 8 heteroatoms. The van der Waals surface area contributed by atoms with Crippen LogP contribution in [0.5, 0.6) is 0 Å². The van der Waals surface area contributed by atoms with Gasteiger partial charge in [0, 0.05) is 18.5 Å². The van der Waals surface area contributed by atoms with E-state index in [1.807, 2.05) is 37.3 Å². The van der Waals surface area contributed by atoms with Crippen molar-refractivity contribution in [1.29, 1.82) is 0 Å². The molecule has 0 aliphatic rings. The first-order chi connectivity index (χ1) is 15.6. The monoisotopic (exact) mass is 497 g/mol. The number of carboxylic acid groups (broad SMARTS) is 1. The van der Waals surface area contributed by atoms with E-state index in [4.69, 9.17) is 25.8 Å². The van der Waals surface area contributed by atoms with E-state index in [0.29, 0.717) is 6.42 Å². The lowest BCUT2D eigenvalue weighted by atomic mass is 9.61. The number of carbonyl (C=O) groups excluding carboxylic acids is 3. The second kappa shape index (κ2) is 12.0. The third-order valence-corrected chi connectivity index (χ3v) is 6.36. The summed E-state index contributed by atoms with van der Waals surface area (Å²) in [6.07, 6.45) is 0.157. The van der Waals surface area contributed by atoms with Crippen LogP contribution >= 0.6 is 11.6 Å². The summed E-state index contributed by atoms with van der Waals surface area (Å²) in [5.41, 5.74) is -2.32. The maximum Gasteiger partial charge on any atom is 0.327 e. The van der Waals surface area contributed by atoms with Crippen molar-refractivity contribution in [1.82, 2.24) is 0 Å². The molecule has 1 rings (SSSR count). The van der Waals surface area contributed by atoms with Gasteiger partial charge in [0.25, 0.3) is 0 Å². The van der Waals surface area contributed by atoms with Gasteiger partial charge in [0.2, 0.25) is 0 Å². The Bertz CT molecular complexity index is 837. The number of alkyl halides is 1. The Labute approximate surface area is 208 Å². The molecular weight excluding hydrogens is 460 g/mol. The molecule has 1 aromatic carbocycles. The lowest BCUT2D eigenvalue weighted by Gasteiger charge is -2.45. The number of rotatable bonds is 14. The van der Waals surface area contributed by atoms with Crippen LogP contribution in [0.3, 0.4) is 0 Å². The van der Waals surface area contributed by atoms with Gasteiger partial charge in [-0.2, -0.15) is 0 Å². The molecule has 192 valence electrons. The lowest BCUT2D eigenvalue weighted by molar-refractivity contribution is -0.320. The lowest BCUT2D eigenvalue weighted by Crippen LogP contribution is -2.50. The Morgan fingerprint density at radius 3 is 1.97 bits per heavy atom. The summed E-state index contributed by atoms with van der Waals surface area (Å²) in [7, 11) is 1.48. The van der Waals surface area contributed by atoms with Gasteiger partial charge in [-0.25, -0.2) is 0 Å². The van der Waals surface area contributed by atoms with E-state index in [1.165, 1.54) is 21.0 Å². The fourth-order valence-corrected chi connectivity index (χ4v) is 5.07. The maximum atomic E-state index is 12.7. The topological polar surface area (TPSA) is 102 Å². The third kappa shape index (κ3) is 7.98. The minimum absolute atomic E-state index is 0.00907. The molecule has 1 aromatic rings. The quantitative estimate of drug-likeness (QED) is 0.219. The first-order valence-corrected chi connectivity index (χ1v) is 11.8. The van der Waals surface area contributed by atoms with Crippen molar-refractivity contribution in [3.63, 3.8) is 0 Å². The fraction of sp³-hybridized carbons (Fsp3) is 0.654. The Morgan fingerprint density at radius 2 is 1.47 bits per heavy atom. The van der Waals surface area contributed by atoms with Crippen molar-refractivity contribution in [3.8, 4) is 0 Å². The van der Waals surface area contributed by atoms with Crippen LogP contribution in [0.15, 0.2) is 30.3 Å². The Morgan fingerprint density at radius 1 is 0.882 bits per heavy atom. The summed E-state index contributed by atoms with van der Waals surface area (Å²) < 4.78 is 15.3. The summed E-state index contributed by atoms with van der Waals surface area (Å²) in [6, 6.07) is 9.39. The molecule has 3 unspecified atom stereocenters. The zero-order valence-corrected chi connectivity index (χ0v) is 22.1. The Kier molecular flexibility index (Phi) is 10.6. The first-order valence-electron chi connectivity index (χ1n) is 11.4. The van der Waals surface area contributed by atoms with Crippen molar-refractivity contribution in [2.75, 3.05) is 26.9 Å². The molecule has 0 amide bonds. The van der Waals surface area contributed by atoms with Crippen LogP contribution in [-0.4, -0.2) is 49.7 Å². The van der Waals surface area contributed by atoms with Crippen LogP contribution in [0.4, 0.5) is 0 Å². The maximum absolute atomic E-state index is 12.7. The molecule has 7 nitrogen and oxygen atoms in total. The SMILES string of the molecule is CCOC(=O)C(C)(C)CC(C)(CC(C)(CC(C)(Cl)C(=O)OCCOC)C(=O)[O-])c1ccccc1. The normalized spacial score (nSPS) is 17.1. The van der Waals surface area contributed by atoms with Gasteiger partial charge in [0.1, 0.15) is 11.5 Å². The van der Waals surface area contributed by atoms with E-state index in [0.717, 1.165) is 5.56 Å². The Balaban J connectivity index is 3.36. The minimum Gasteiger partial charge on any atom is -0.550 e. The minimum atomic E-state index is -1.60. The average Bonchev–Trinajstić information content (AvgIpc) is 2.73. The molecule has 0 bridgehead atoms. The number of esters is 2. The highest BCUT2D eigenvalue weighted by molar-refractivity contribution is 6.33.